The van der Waals surface area contributed by atoms with Crippen LogP contribution in [0.5, 0.6) is 0 Å². The Kier molecular flexibility index (Phi) is 4.15. The molecule has 0 saturated heterocycles. The molecule has 2 aromatic rings. The Hall–Kier alpha value is -2.82. The first kappa shape index (κ1) is 16.6. The molecule has 2 heterocycles. The minimum atomic E-state index is -0.323. The molecule has 2 aromatic carbocycles. The molecule has 0 bridgehead atoms. The summed E-state index contributed by atoms with van der Waals surface area (Å²) in [5.74, 6) is -0.195. The highest BCUT2D eigenvalue weighted by Gasteiger charge is 2.33. The van der Waals surface area contributed by atoms with E-state index in [1.165, 1.54) is 11.1 Å². The van der Waals surface area contributed by atoms with Gasteiger partial charge in [-0.05, 0) is 50.5 Å². The number of carbonyl (C=O) groups is 2. The SMILES string of the molecule is Cc1ccc2c(c1)CCCN2C(C)C(=O)N1CC(=O)Nc2ccccc21. The van der Waals surface area contributed by atoms with E-state index in [1.807, 2.05) is 31.2 Å². The largest absolute Gasteiger partial charge is 0.360 e. The molecule has 134 valence electrons. The Bertz CT molecular complexity index is 877. The highest BCUT2D eigenvalue weighted by Crippen LogP contribution is 2.33. The van der Waals surface area contributed by atoms with Crippen LogP contribution in [-0.2, 0) is 16.0 Å². The molecule has 0 fully saturated rings. The van der Waals surface area contributed by atoms with Gasteiger partial charge in [-0.15, -0.1) is 0 Å². The van der Waals surface area contributed by atoms with Crippen LogP contribution in [0.25, 0.3) is 0 Å². The lowest BCUT2D eigenvalue weighted by Crippen LogP contribution is -2.52. The van der Waals surface area contributed by atoms with E-state index >= 15 is 0 Å². The Labute approximate surface area is 153 Å². The fraction of sp³-hybridized carbons (Fsp3) is 0.333. The molecule has 26 heavy (non-hydrogen) atoms. The van der Waals surface area contributed by atoms with Crippen molar-refractivity contribution in [2.24, 2.45) is 0 Å². The van der Waals surface area contributed by atoms with Crippen LogP contribution in [0.1, 0.15) is 24.5 Å². The average molecular weight is 349 g/mol. The van der Waals surface area contributed by atoms with Crippen LogP contribution in [0.15, 0.2) is 42.5 Å². The van der Waals surface area contributed by atoms with Gasteiger partial charge in [0, 0.05) is 12.2 Å². The lowest BCUT2D eigenvalue weighted by Gasteiger charge is -2.39. The highest BCUT2D eigenvalue weighted by molar-refractivity contribution is 6.11. The van der Waals surface area contributed by atoms with E-state index in [0.717, 1.165) is 30.8 Å². The van der Waals surface area contributed by atoms with Crippen molar-refractivity contribution in [2.75, 3.05) is 28.2 Å². The summed E-state index contributed by atoms with van der Waals surface area (Å²) in [5, 5.41) is 2.84. The molecule has 4 rings (SSSR count). The molecule has 2 amide bonds. The normalized spacial score (nSPS) is 17.2. The molecule has 1 unspecified atom stereocenters. The second kappa shape index (κ2) is 6.48. The third-order valence-corrected chi connectivity index (χ3v) is 5.25. The third-order valence-electron chi connectivity index (χ3n) is 5.25. The van der Waals surface area contributed by atoms with Crippen molar-refractivity contribution in [3.63, 3.8) is 0 Å². The smallest absolute Gasteiger partial charge is 0.249 e. The number of hydrogen-bond acceptors (Lipinski definition) is 3. The van der Waals surface area contributed by atoms with Gasteiger partial charge >= 0.3 is 0 Å². The summed E-state index contributed by atoms with van der Waals surface area (Å²) in [6.07, 6.45) is 2.08. The minimum absolute atomic E-state index is 0.0410. The van der Waals surface area contributed by atoms with E-state index in [4.69, 9.17) is 0 Å². The van der Waals surface area contributed by atoms with Gasteiger partial charge in [0.1, 0.15) is 12.6 Å². The highest BCUT2D eigenvalue weighted by atomic mass is 16.2. The molecule has 0 saturated carbocycles. The summed E-state index contributed by atoms with van der Waals surface area (Å²) in [6, 6.07) is 13.6. The fourth-order valence-corrected chi connectivity index (χ4v) is 3.95. The van der Waals surface area contributed by atoms with E-state index < -0.39 is 0 Å². The van der Waals surface area contributed by atoms with Gasteiger partial charge in [-0.1, -0.05) is 29.8 Å². The number of nitrogens with zero attached hydrogens (tertiary/aromatic N) is 2. The van der Waals surface area contributed by atoms with E-state index in [0.29, 0.717) is 5.69 Å². The fourth-order valence-electron chi connectivity index (χ4n) is 3.95. The van der Waals surface area contributed by atoms with Crippen molar-refractivity contribution in [3.8, 4) is 0 Å². The molecule has 2 aliphatic heterocycles. The van der Waals surface area contributed by atoms with Crippen LogP contribution in [0.2, 0.25) is 0 Å². The Morgan fingerprint density at radius 1 is 1.15 bits per heavy atom. The standard InChI is InChI=1S/C21H23N3O2/c1-14-9-10-18-16(12-14)6-5-11-23(18)15(2)21(26)24-13-20(25)22-17-7-3-4-8-19(17)24/h3-4,7-10,12,15H,5-6,11,13H2,1-2H3,(H,22,25). The van der Waals surface area contributed by atoms with Crippen LogP contribution in [0.4, 0.5) is 17.1 Å². The zero-order valence-electron chi connectivity index (χ0n) is 15.2. The molecule has 1 atom stereocenters. The topological polar surface area (TPSA) is 52.7 Å². The van der Waals surface area contributed by atoms with Crippen LogP contribution in [-0.4, -0.2) is 30.9 Å². The van der Waals surface area contributed by atoms with Gasteiger partial charge < -0.3 is 10.2 Å². The van der Waals surface area contributed by atoms with Crippen LogP contribution in [0, 0.1) is 6.92 Å². The van der Waals surface area contributed by atoms with Crippen molar-refractivity contribution in [1.82, 2.24) is 0 Å². The number of carbonyl (C=O) groups excluding carboxylic acids is 2. The number of aryl methyl sites for hydroxylation is 2. The van der Waals surface area contributed by atoms with Crippen molar-refractivity contribution in [1.29, 1.82) is 0 Å². The first-order chi connectivity index (χ1) is 12.5. The number of anilines is 3. The maximum Gasteiger partial charge on any atom is 0.249 e. The predicted molar refractivity (Wildman–Crippen MR) is 104 cm³/mol. The zero-order valence-corrected chi connectivity index (χ0v) is 15.2. The van der Waals surface area contributed by atoms with Gasteiger partial charge in [-0.25, -0.2) is 0 Å². The number of hydrogen-bond donors (Lipinski definition) is 1. The molecule has 5 nitrogen and oxygen atoms in total. The Balaban J connectivity index is 1.65. The average Bonchev–Trinajstić information content (AvgIpc) is 2.65. The van der Waals surface area contributed by atoms with Gasteiger partial charge in [0.05, 0.1) is 11.4 Å². The second-order valence-electron chi connectivity index (χ2n) is 7.09. The Morgan fingerprint density at radius 3 is 2.81 bits per heavy atom. The summed E-state index contributed by atoms with van der Waals surface area (Å²) in [4.78, 5) is 29.1. The molecule has 5 heteroatoms. The molecule has 1 N–H and O–H groups in total. The number of fused-ring (bicyclic) bond motifs is 2. The molecule has 0 spiro atoms. The van der Waals surface area contributed by atoms with E-state index in [-0.39, 0.29) is 24.4 Å². The number of para-hydroxylation sites is 2. The number of benzene rings is 2. The lowest BCUT2D eigenvalue weighted by molar-refractivity contribution is -0.122. The zero-order chi connectivity index (χ0) is 18.3. The molecule has 0 aromatic heterocycles. The first-order valence-electron chi connectivity index (χ1n) is 9.11. The maximum atomic E-state index is 13.3. The molecular weight excluding hydrogens is 326 g/mol. The van der Waals surface area contributed by atoms with Gasteiger partial charge in [0.25, 0.3) is 0 Å². The summed E-state index contributed by atoms with van der Waals surface area (Å²) < 4.78 is 0. The maximum absolute atomic E-state index is 13.3. The van der Waals surface area contributed by atoms with Crippen molar-refractivity contribution >= 4 is 28.9 Å². The summed E-state index contributed by atoms with van der Waals surface area (Å²) in [5.41, 5.74) is 5.14. The predicted octanol–water partition coefficient (Wildman–Crippen LogP) is 3.12. The summed E-state index contributed by atoms with van der Waals surface area (Å²) in [7, 11) is 0. The van der Waals surface area contributed by atoms with Crippen molar-refractivity contribution < 1.29 is 9.59 Å². The monoisotopic (exact) mass is 349 g/mol. The summed E-state index contributed by atoms with van der Waals surface area (Å²) >= 11 is 0. The summed E-state index contributed by atoms with van der Waals surface area (Å²) in [6.45, 7) is 4.95. The first-order valence-corrected chi connectivity index (χ1v) is 9.11. The van der Waals surface area contributed by atoms with Crippen LogP contribution in [0.3, 0.4) is 0 Å². The third kappa shape index (κ3) is 2.83. The van der Waals surface area contributed by atoms with Gasteiger partial charge in [0.15, 0.2) is 0 Å². The van der Waals surface area contributed by atoms with E-state index in [2.05, 4.69) is 35.3 Å². The van der Waals surface area contributed by atoms with E-state index in [1.54, 1.807) is 4.90 Å². The van der Waals surface area contributed by atoms with Crippen LogP contribution >= 0.6 is 0 Å². The molecule has 0 aliphatic carbocycles. The minimum Gasteiger partial charge on any atom is -0.360 e. The lowest BCUT2D eigenvalue weighted by atomic mass is 9.98. The van der Waals surface area contributed by atoms with Crippen molar-refractivity contribution in [2.45, 2.75) is 32.7 Å². The van der Waals surface area contributed by atoms with Crippen LogP contribution < -0.4 is 15.1 Å². The van der Waals surface area contributed by atoms with Gasteiger partial charge in [-0.2, -0.15) is 0 Å². The Morgan fingerprint density at radius 2 is 1.96 bits per heavy atom. The molecular formula is C21H23N3O2. The number of amides is 2. The molecule has 2 aliphatic rings. The van der Waals surface area contributed by atoms with Crippen molar-refractivity contribution in [3.05, 3.63) is 53.6 Å². The number of nitrogens with one attached hydrogen (secondary N) is 1. The van der Waals surface area contributed by atoms with E-state index in [9.17, 15) is 9.59 Å². The van der Waals surface area contributed by atoms with Gasteiger partial charge in [0.2, 0.25) is 11.8 Å². The quantitative estimate of drug-likeness (QED) is 0.906. The van der Waals surface area contributed by atoms with Gasteiger partial charge in [-0.3, -0.25) is 14.5 Å². The second-order valence-corrected chi connectivity index (χ2v) is 7.09. The number of rotatable bonds is 2. The molecule has 0 radical (unpaired) electrons.